The molecule has 1 aromatic carbocycles. The number of rotatable bonds is 5. The average Bonchev–Trinajstić information content (AvgIpc) is 2.94. The normalized spacial score (nSPS) is 12.4. The quantitative estimate of drug-likeness (QED) is 0.875. The Kier molecular flexibility index (Phi) is 4.53. The fraction of sp³-hybridized carbons (Fsp3) is 0.333. The molecule has 1 amide bonds. The second kappa shape index (κ2) is 6.34. The third kappa shape index (κ3) is 3.45. The average molecular weight is 273 g/mol. The van der Waals surface area contributed by atoms with Crippen molar-refractivity contribution in [3.8, 4) is 0 Å². The first-order valence-corrected chi connectivity index (χ1v) is 6.61. The Labute approximate surface area is 118 Å². The van der Waals surface area contributed by atoms with Crippen LogP contribution in [0.4, 0.5) is 0 Å². The highest BCUT2D eigenvalue weighted by Gasteiger charge is 2.19. The van der Waals surface area contributed by atoms with Gasteiger partial charge in [0.25, 0.3) is 5.91 Å². The Morgan fingerprint density at radius 1 is 1.35 bits per heavy atom. The summed E-state index contributed by atoms with van der Waals surface area (Å²) in [7, 11) is 0. The molecular weight excluding hydrogens is 254 g/mol. The third-order valence-electron chi connectivity index (χ3n) is 3.05. The van der Waals surface area contributed by atoms with E-state index in [9.17, 15) is 4.79 Å². The van der Waals surface area contributed by atoms with Crippen molar-refractivity contribution < 1.29 is 9.21 Å². The maximum Gasteiger partial charge on any atom is 0.273 e. The van der Waals surface area contributed by atoms with E-state index in [2.05, 4.69) is 10.3 Å². The molecule has 0 fully saturated rings. The minimum Gasteiger partial charge on any atom is -0.446 e. The molecule has 0 spiro atoms. The molecule has 3 N–H and O–H groups in total. The van der Waals surface area contributed by atoms with Crippen LogP contribution in [0.3, 0.4) is 0 Å². The second-order valence-electron chi connectivity index (χ2n) is 5.01. The van der Waals surface area contributed by atoms with Crippen LogP contribution in [-0.4, -0.2) is 10.9 Å². The lowest BCUT2D eigenvalue weighted by molar-refractivity contribution is 0.0946. The van der Waals surface area contributed by atoms with Gasteiger partial charge in [-0.25, -0.2) is 4.98 Å². The number of oxazole rings is 1. The van der Waals surface area contributed by atoms with Crippen LogP contribution in [0.1, 0.15) is 41.8 Å². The Morgan fingerprint density at radius 3 is 2.70 bits per heavy atom. The van der Waals surface area contributed by atoms with E-state index in [1.54, 1.807) is 0 Å². The molecule has 106 valence electrons. The van der Waals surface area contributed by atoms with E-state index < -0.39 is 0 Å². The highest BCUT2D eigenvalue weighted by molar-refractivity contribution is 5.91. The summed E-state index contributed by atoms with van der Waals surface area (Å²) in [5.41, 5.74) is 7.22. The number of hydrogen-bond donors (Lipinski definition) is 2. The summed E-state index contributed by atoms with van der Waals surface area (Å²) < 4.78 is 5.26. The first-order valence-electron chi connectivity index (χ1n) is 6.61. The van der Waals surface area contributed by atoms with E-state index in [-0.39, 0.29) is 23.6 Å². The standard InChI is InChI=1S/C15H19N3O2/c1-10(2)13(16)15-18-12(9-20-15)14(19)17-8-11-6-4-3-5-7-11/h3-7,9-10,13H,8,16H2,1-2H3,(H,17,19). The van der Waals surface area contributed by atoms with Gasteiger partial charge < -0.3 is 15.5 Å². The molecule has 2 rings (SSSR count). The molecule has 0 aliphatic rings. The van der Waals surface area contributed by atoms with Gasteiger partial charge in [-0.05, 0) is 11.5 Å². The Morgan fingerprint density at radius 2 is 2.05 bits per heavy atom. The predicted molar refractivity (Wildman–Crippen MR) is 75.9 cm³/mol. The smallest absolute Gasteiger partial charge is 0.273 e. The third-order valence-corrected chi connectivity index (χ3v) is 3.05. The van der Waals surface area contributed by atoms with Crippen molar-refractivity contribution >= 4 is 5.91 Å². The summed E-state index contributed by atoms with van der Waals surface area (Å²) in [5.74, 6) is 0.332. The Balaban J connectivity index is 1.96. The fourth-order valence-electron chi connectivity index (χ4n) is 1.70. The molecular formula is C15H19N3O2. The lowest BCUT2D eigenvalue weighted by Gasteiger charge is -2.10. The summed E-state index contributed by atoms with van der Waals surface area (Å²) in [6.45, 7) is 4.41. The molecule has 2 aromatic rings. The minimum absolute atomic E-state index is 0.203. The number of amides is 1. The van der Waals surface area contributed by atoms with E-state index in [4.69, 9.17) is 10.2 Å². The van der Waals surface area contributed by atoms with Gasteiger partial charge >= 0.3 is 0 Å². The van der Waals surface area contributed by atoms with Crippen LogP contribution in [0.5, 0.6) is 0 Å². The van der Waals surface area contributed by atoms with Crippen molar-refractivity contribution in [2.45, 2.75) is 26.4 Å². The zero-order chi connectivity index (χ0) is 14.5. The molecule has 0 aliphatic heterocycles. The molecule has 0 bridgehead atoms. The van der Waals surface area contributed by atoms with Gasteiger partial charge in [0, 0.05) is 6.54 Å². The minimum atomic E-state index is -0.300. The number of carbonyl (C=O) groups is 1. The number of benzene rings is 1. The lowest BCUT2D eigenvalue weighted by atomic mass is 10.1. The molecule has 1 heterocycles. The maximum absolute atomic E-state index is 11.9. The summed E-state index contributed by atoms with van der Waals surface area (Å²) >= 11 is 0. The molecule has 1 aromatic heterocycles. The van der Waals surface area contributed by atoms with Crippen LogP contribution in [0.2, 0.25) is 0 Å². The number of hydrogen-bond acceptors (Lipinski definition) is 4. The molecule has 1 atom stereocenters. The van der Waals surface area contributed by atoms with Crippen LogP contribution in [0, 0.1) is 5.92 Å². The van der Waals surface area contributed by atoms with Crippen LogP contribution in [0.25, 0.3) is 0 Å². The van der Waals surface area contributed by atoms with Gasteiger partial charge in [-0.2, -0.15) is 0 Å². The molecule has 5 nitrogen and oxygen atoms in total. The zero-order valence-electron chi connectivity index (χ0n) is 11.7. The van der Waals surface area contributed by atoms with Crippen molar-refractivity contribution in [3.63, 3.8) is 0 Å². The largest absolute Gasteiger partial charge is 0.446 e. The molecule has 0 aliphatic carbocycles. The molecule has 0 saturated heterocycles. The Hall–Kier alpha value is -2.14. The second-order valence-corrected chi connectivity index (χ2v) is 5.01. The van der Waals surface area contributed by atoms with Crippen molar-refractivity contribution in [2.24, 2.45) is 11.7 Å². The SMILES string of the molecule is CC(C)C(N)c1nc(C(=O)NCc2ccccc2)co1. The molecule has 1 unspecified atom stereocenters. The lowest BCUT2D eigenvalue weighted by Crippen LogP contribution is -2.23. The van der Waals surface area contributed by atoms with Crippen LogP contribution < -0.4 is 11.1 Å². The first-order chi connectivity index (χ1) is 9.58. The van der Waals surface area contributed by atoms with Crippen molar-refractivity contribution in [1.29, 1.82) is 0 Å². The van der Waals surface area contributed by atoms with Gasteiger partial charge in [0.2, 0.25) is 5.89 Å². The number of carbonyl (C=O) groups excluding carboxylic acids is 1. The first kappa shape index (κ1) is 14.3. The van der Waals surface area contributed by atoms with E-state index in [1.807, 2.05) is 44.2 Å². The number of nitrogens with one attached hydrogen (secondary N) is 1. The van der Waals surface area contributed by atoms with Gasteiger partial charge in [-0.3, -0.25) is 4.79 Å². The monoisotopic (exact) mass is 273 g/mol. The van der Waals surface area contributed by atoms with Gasteiger partial charge in [0.15, 0.2) is 5.69 Å². The summed E-state index contributed by atoms with van der Waals surface area (Å²) in [4.78, 5) is 16.1. The van der Waals surface area contributed by atoms with Gasteiger partial charge in [0.1, 0.15) is 6.26 Å². The number of nitrogens with zero attached hydrogens (tertiary/aromatic N) is 1. The van der Waals surface area contributed by atoms with Crippen LogP contribution >= 0.6 is 0 Å². The van der Waals surface area contributed by atoms with Gasteiger partial charge in [0.05, 0.1) is 6.04 Å². The molecule has 5 heteroatoms. The number of nitrogens with two attached hydrogens (primary N) is 1. The van der Waals surface area contributed by atoms with E-state index >= 15 is 0 Å². The summed E-state index contributed by atoms with van der Waals surface area (Å²) in [6, 6.07) is 9.38. The van der Waals surface area contributed by atoms with Crippen molar-refractivity contribution in [3.05, 3.63) is 53.7 Å². The van der Waals surface area contributed by atoms with Crippen LogP contribution in [-0.2, 0) is 6.54 Å². The van der Waals surface area contributed by atoms with E-state index in [1.165, 1.54) is 6.26 Å². The number of aromatic nitrogens is 1. The van der Waals surface area contributed by atoms with Crippen molar-refractivity contribution in [1.82, 2.24) is 10.3 Å². The maximum atomic E-state index is 11.9. The molecule has 0 saturated carbocycles. The van der Waals surface area contributed by atoms with Gasteiger partial charge in [-0.15, -0.1) is 0 Å². The van der Waals surface area contributed by atoms with Crippen molar-refractivity contribution in [2.75, 3.05) is 0 Å². The van der Waals surface area contributed by atoms with Gasteiger partial charge in [-0.1, -0.05) is 44.2 Å². The van der Waals surface area contributed by atoms with E-state index in [0.29, 0.717) is 12.4 Å². The summed E-state index contributed by atoms with van der Waals surface area (Å²) in [5, 5.41) is 2.79. The Bertz CT molecular complexity index is 564. The molecule has 20 heavy (non-hydrogen) atoms. The van der Waals surface area contributed by atoms with Crippen LogP contribution in [0.15, 0.2) is 41.0 Å². The highest BCUT2D eigenvalue weighted by Crippen LogP contribution is 2.17. The van der Waals surface area contributed by atoms with E-state index in [0.717, 1.165) is 5.56 Å². The zero-order valence-corrected chi connectivity index (χ0v) is 11.7. The predicted octanol–water partition coefficient (Wildman–Crippen LogP) is 2.26. The highest BCUT2D eigenvalue weighted by atomic mass is 16.3. The fourth-order valence-corrected chi connectivity index (χ4v) is 1.70. The molecule has 0 radical (unpaired) electrons. The topological polar surface area (TPSA) is 81.1 Å². The summed E-state index contributed by atoms with van der Waals surface area (Å²) in [6.07, 6.45) is 1.35.